The van der Waals surface area contributed by atoms with E-state index < -0.39 is 0 Å². The molecule has 0 aromatic rings. The van der Waals surface area contributed by atoms with Crippen molar-refractivity contribution in [2.75, 3.05) is 19.6 Å². The van der Waals surface area contributed by atoms with Crippen molar-refractivity contribution in [2.45, 2.75) is 76.9 Å². The first-order valence-corrected chi connectivity index (χ1v) is 8.43. The Labute approximate surface area is 123 Å². The summed E-state index contributed by atoms with van der Waals surface area (Å²) in [6, 6.07) is 0.944. The lowest BCUT2D eigenvalue weighted by atomic mass is 9.90. The highest BCUT2D eigenvalue weighted by molar-refractivity contribution is 5.81. The second-order valence-corrected chi connectivity index (χ2v) is 6.46. The molecule has 0 aromatic heterocycles. The van der Waals surface area contributed by atoms with E-state index in [2.05, 4.69) is 23.6 Å². The Bertz CT molecular complexity index is 307. The third-order valence-corrected chi connectivity index (χ3v) is 5.10. The van der Waals surface area contributed by atoms with Gasteiger partial charge in [0.05, 0.1) is 6.04 Å². The van der Waals surface area contributed by atoms with Gasteiger partial charge in [-0.25, -0.2) is 0 Å². The summed E-state index contributed by atoms with van der Waals surface area (Å²) in [7, 11) is 0. The Balaban J connectivity index is 1.93. The number of likely N-dealkylation sites (tertiary alicyclic amines) is 1. The lowest BCUT2D eigenvalue weighted by Gasteiger charge is -2.40. The Hall–Kier alpha value is -0.610. The summed E-state index contributed by atoms with van der Waals surface area (Å²) in [5, 5.41) is 0. The Kier molecular flexibility index (Phi) is 5.85. The third kappa shape index (κ3) is 3.73. The molecular weight excluding hydrogens is 250 g/mol. The van der Waals surface area contributed by atoms with Gasteiger partial charge in [0, 0.05) is 25.2 Å². The van der Waals surface area contributed by atoms with Crippen molar-refractivity contribution >= 4 is 5.91 Å². The van der Waals surface area contributed by atoms with Crippen LogP contribution in [-0.2, 0) is 4.79 Å². The van der Waals surface area contributed by atoms with Gasteiger partial charge in [-0.05, 0) is 58.4 Å². The third-order valence-electron chi connectivity index (χ3n) is 5.10. The molecular formula is C16H31N3O. The van der Waals surface area contributed by atoms with Gasteiger partial charge in [0.25, 0.3) is 0 Å². The minimum Gasteiger partial charge on any atom is -0.341 e. The highest BCUT2D eigenvalue weighted by atomic mass is 16.2. The topological polar surface area (TPSA) is 49.6 Å². The SMILES string of the molecule is CCN(C1CCC(N)CC1)C(C)C(=O)N1CCCCC1. The second kappa shape index (κ2) is 7.41. The summed E-state index contributed by atoms with van der Waals surface area (Å²) in [6.45, 7) is 7.14. The van der Waals surface area contributed by atoms with Crippen LogP contribution in [0.15, 0.2) is 0 Å². The van der Waals surface area contributed by atoms with Gasteiger partial charge in [0.2, 0.25) is 5.91 Å². The molecule has 0 radical (unpaired) electrons. The van der Waals surface area contributed by atoms with Crippen LogP contribution < -0.4 is 5.73 Å². The maximum Gasteiger partial charge on any atom is 0.239 e. The van der Waals surface area contributed by atoms with Crippen LogP contribution in [0.4, 0.5) is 0 Å². The van der Waals surface area contributed by atoms with Crippen LogP contribution in [0.3, 0.4) is 0 Å². The molecule has 2 aliphatic rings. The first-order chi connectivity index (χ1) is 9.63. The molecule has 1 aliphatic carbocycles. The maximum absolute atomic E-state index is 12.7. The molecule has 4 nitrogen and oxygen atoms in total. The van der Waals surface area contributed by atoms with Gasteiger partial charge in [-0.2, -0.15) is 0 Å². The molecule has 2 rings (SSSR count). The summed E-state index contributed by atoms with van der Waals surface area (Å²) in [5.74, 6) is 0.335. The minimum absolute atomic E-state index is 0.0254. The summed E-state index contributed by atoms with van der Waals surface area (Å²) >= 11 is 0. The smallest absolute Gasteiger partial charge is 0.239 e. The van der Waals surface area contributed by atoms with Gasteiger partial charge in [0.1, 0.15) is 0 Å². The molecule has 0 spiro atoms. The van der Waals surface area contributed by atoms with Gasteiger partial charge in [-0.3, -0.25) is 9.69 Å². The first kappa shape index (κ1) is 15.8. The zero-order valence-corrected chi connectivity index (χ0v) is 13.2. The molecule has 1 amide bonds. The van der Waals surface area contributed by atoms with Crippen molar-refractivity contribution in [3.63, 3.8) is 0 Å². The lowest BCUT2D eigenvalue weighted by Crippen LogP contribution is -2.53. The van der Waals surface area contributed by atoms with Crippen LogP contribution in [0, 0.1) is 0 Å². The molecule has 4 heteroatoms. The Morgan fingerprint density at radius 3 is 2.35 bits per heavy atom. The van der Waals surface area contributed by atoms with Crippen molar-refractivity contribution in [3.8, 4) is 0 Å². The van der Waals surface area contributed by atoms with Crippen LogP contribution in [0.1, 0.15) is 58.8 Å². The molecule has 1 unspecified atom stereocenters. The van der Waals surface area contributed by atoms with Gasteiger partial charge in [-0.15, -0.1) is 0 Å². The predicted molar refractivity (Wildman–Crippen MR) is 82.5 cm³/mol. The molecule has 116 valence electrons. The monoisotopic (exact) mass is 281 g/mol. The normalized spacial score (nSPS) is 29.5. The molecule has 20 heavy (non-hydrogen) atoms. The molecule has 1 heterocycles. The van der Waals surface area contributed by atoms with Crippen molar-refractivity contribution < 1.29 is 4.79 Å². The largest absolute Gasteiger partial charge is 0.341 e. The van der Waals surface area contributed by atoms with E-state index in [0.29, 0.717) is 18.0 Å². The fourth-order valence-corrected chi connectivity index (χ4v) is 3.80. The number of nitrogens with zero attached hydrogens (tertiary/aromatic N) is 2. The summed E-state index contributed by atoms with van der Waals surface area (Å²) in [6.07, 6.45) is 8.11. The van der Waals surface area contributed by atoms with Gasteiger partial charge in [-0.1, -0.05) is 6.92 Å². The number of hydrogen-bond acceptors (Lipinski definition) is 3. The number of carbonyl (C=O) groups excluding carboxylic acids is 1. The molecule has 2 N–H and O–H groups in total. The summed E-state index contributed by atoms with van der Waals surface area (Å²) < 4.78 is 0. The van der Waals surface area contributed by atoms with E-state index in [1.807, 2.05) is 0 Å². The average molecular weight is 281 g/mol. The predicted octanol–water partition coefficient (Wildman–Crippen LogP) is 1.98. The highest BCUT2D eigenvalue weighted by Crippen LogP contribution is 2.24. The molecule has 0 aromatic carbocycles. The number of likely N-dealkylation sites (N-methyl/N-ethyl adjacent to an activating group) is 1. The number of hydrogen-bond donors (Lipinski definition) is 1. The van der Waals surface area contributed by atoms with E-state index in [1.165, 1.54) is 19.3 Å². The molecule has 1 saturated heterocycles. The fourth-order valence-electron chi connectivity index (χ4n) is 3.80. The van der Waals surface area contributed by atoms with Gasteiger partial charge >= 0.3 is 0 Å². The standard InChI is InChI=1S/C16H31N3O/c1-3-19(15-9-7-14(17)8-10-15)13(2)16(20)18-11-5-4-6-12-18/h13-15H,3-12,17H2,1-2H3. The van der Waals surface area contributed by atoms with Crippen molar-refractivity contribution in [3.05, 3.63) is 0 Å². The number of carbonyl (C=O) groups is 1. The first-order valence-electron chi connectivity index (χ1n) is 8.43. The average Bonchev–Trinajstić information content (AvgIpc) is 2.50. The Morgan fingerprint density at radius 2 is 1.80 bits per heavy atom. The maximum atomic E-state index is 12.7. The highest BCUT2D eigenvalue weighted by Gasteiger charge is 2.32. The van der Waals surface area contributed by atoms with E-state index >= 15 is 0 Å². The number of amides is 1. The molecule has 2 fully saturated rings. The second-order valence-electron chi connectivity index (χ2n) is 6.46. The molecule has 0 bridgehead atoms. The van der Waals surface area contributed by atoms with E-state index in [9.17, 15) is 4.79 Å². The van der Waals surface area contributed by atoms with Crippen LogP contribution in [-0.4, -0.2) is 53.5 Å². The van der Waals surface area contributed by atoms with E-state index in [1.54, 1.807) is 0 Å². The lowest BCUT2D eigenvalue weighted by molar-refractivity contribution is -0.138. The van der Waals surface area contributed by atoms with Gasteiger partial charge < -0.3 is 10.6 Å². The van der Waals surface area contributed by atoms with Gasteiger partial charge in [0.15, 0.2) is 0 Å². The zero-order valence-electron chi connectivity index (χ0n) is 13.2. The molecule has 1 atom stereocenters. The van der Waals surface area contributed by atoms with Crippen molar-refractivity contribution in [1.82, 2.24) is 9.80 Å². The minimum atomic E-state index is 0.0254. The molecule has 1 saturated carbocycles. The Morgan fingerprint density at radius 1 is 1.20 bits per heavy atom. The number of rotatable bonds is 4. The van der Waals surface area contributed by atoms with E-state index in [-0.39, 0.29) is 6.04 Å². The van der Waals surface area contributed by atoms with E-state index in [0.717, 1.165) is 45.3 Å². The number of nitrogens with two attached hydrogens (primary N) is 1. The summed E-state index contributed by atoms with van der Waals surface area (Å²) in [4.78, 5) is 17.1. The van der Waals surface area contributed by atoms with Crippen LogP contribution >= 0.6 is 0 Å². The number of piperidine rings is 1. The quantitative estimate of drug-likeness (QED) is 0.857. The fraction of sp³-hybridized carbons (Fsp3) is 0.938. The summed E-state index contributed by atoms with van der Waals surface area (Å²) in [5.41, 5.74) is 6.00. The van der Waals surface area contributed by atoms with E-state index in [4.69, 9.17) is 5.73 Å². The van der Waals surface area contributed by atoms with Crippen molar-refractivity contribution in [2.24, 2.45) is 5.73 Å². The van der Waals surface area contributed by atoms with Crippen molar-refractivity contribution in [1.29, 1.82) is 0 Å². The van der Waals surface area contributed by atoms with Crippen LogP contribution in [0.5, 0.6) is 0 Å². The van der Waals surface area contributed by atoms with Crippen LogP contribution in [0.2, 0.25) is 0 Å². The van der Waals surface area contributed by atoms with Crippen LogP contribution in [0.25, 0.3) is 0 Å². The molecule has 1 aliphatic heterocycles. The zero-order chi connectivity index (χ0) is 14.5.